The molecule has 1 unspecified atom stereocenters. The van der Waals surface area contributed by atoms with Gasteiger partial charge in [0.2, 0.25) is 0 Å². The number of benzene rings is 1. The first-order valence-corrected chi connectivity index (χ1v) is 11.2. The van der Waals surface area contributed by atoms with Gasteiger partial charge in [-0.1, -0.05) is 49.9 Å². The van der Waals surface area contributed by atoms with Gasteiger partial charge in [-0.25, -0.2) is 5.48 Å². The Bertz CT molecular complexity index is 823. The standard InChI is InChI=1S/C20H27N3O2.C4H9NO.C3H4/c1-3-17(10-13-24)22-15-23-20(11-14-25)19-9-5-4-8-18(19)16(2)7-6-12-21;1-2-3-4-5-6;1-3-2/h4-5,8-9,11-12,14-15,17,21,24H,2-3,6-7,10,13H2,1H3,(H,22,23);2-3,5-6H,4H2,1H3;1H,2H3/b20-11-,21-12?;3-2+;. The third-order valence-corrected chi connectivity index (χ3v) is 4.31. The van der Waals surface area contributed by atoms with Crippen LogP contribution in [0, 0.1) is 17.8 Å². The number of terminal acetylenes is 1. The fraction of sp³-hybridized carbons (Fsp3) is 0.370. The van der Waals surface area contributed by atoms with E-state index in [0.717, 1.165) is 29.4 Å². The lowest BCUT2D eigenvalue weighted by Crippen LogP contribution is -2.14. The smallest absolute Gasteiger partial charge is 0.144 e. The second-order valence-corrected chi connectivity index (χ2v) is 6.83. The molecule has 0 fully saturated rings. The first-order chi connectivity index (χ1) is 16.5. The van der Waals surface area contributed by atoms with Gasteiger partial charge in [-0.15, -0.1) is 12.3 Å². The molecule has 0 aromatic heterocycles. The van der Waals surface area contributed by atoms with Crippen LogP contribution < -0.4 is 10.8 Å². The van der Waals surface area contributed by atoms with Crippen LogP contribution in [0.2, 0.25) is 0 Å². The molecule has 0 heterocycles. The van der Waals surface area contributed by atoms with Crippen molar-refractivity contribution in [3.05, 3.63) is 60.2 Å². The topological polar surface area (TPSA) is 118 Å². The lowest BCUT2D eigenvalue weighted by Gasteiger charge is -2.15. The van der Waals surface area contributed by atoms with E-state index in [2.05, 4.69) is 29.2 Å². The number of aliphatic hydroxyl groups is 1. The number of carbonyl (C=O) groups excluding carboxylic acids is 1. The number of aldehydes is 1. The summed E-state index contributed by atoms with van der Waals surface area (Å²) in [5.41, 5.74) is 5.35. The zero-order valence-electron chi connectivity index (χ0n) is 20.6. The van der Waals surface area contributed by atoms with Crippen LogP contribution in [0.15, 0.2) is 54.1 Å². The van der Waals surface area contributed by atoms with Crippen molar-refractivity contribution in [1.29, 1.82) is 5.41 Å². The largest absolute Gasteiger partial charge is 0.396 e. The predicted octanol–water partition coefficient (Wildman–Crippen LogP) is 4.63. The number of nitrogens with zero attached hydrogens (tertiary/aromatic N) is 1. The molecule has 0 saturated heterocycles. The normalized spacial score (nSPS) is 11.5. The van der Waals surface area contributed by atoms with E-state index in [-0.39, 0.29) is 12.6 Å². The lowest BCUT2D eigenvalue weighted by atomic mass is 9.95. The summed E-state index contributed by atoms with van der Waals surface area (Å²) >= 11 is 0. The highest BCUT2D eigenvalue weighted by Gasteiger charge is 2.09. The summed E-state index contributed by atoms with van der Waals surface area (Å²) < 4.78 is 0. The minimum atomic E-state index is 0.0489. The van der Waals surface area contributed by atoms with Crippen LogP contribution in [0.25, 0.3) is 11.3 Å². The van der Waals surface area contributed by atoms with Crippen molar-refractivity contribution in [2.45, 2.75) is 52.5 Å². The van der Waals surface area contributed by atoms with Gasteiger partial charge in [0.15, 0.2) is 0 Å². The molecule has 5 N–H and O–H groups in total. The summed E-state index contributed by atoms with van der Waals surface area (Å²) in [7, 11) is 0. The number of hydrogen-bond acceptors (Lipinski definition) is 6. The van der Waals surface area contributed by atoms with Crippen molar-refractivity contribution in [1.82, 2.24) is 10.8 Å². The molecule has 0 spiro atoms. The summed E-state index contributed by atoms with van der Waals surface area (Å²) in [4.78, 5) is 15.4. The minimum absolute atomic E-state index is 0.0489. The predicted molar refractivity (Wildman–Crippen MR) is 144 cm³/mol. The van der Waals surface area contributed by atoms with Gasteiger partial charge in [0.1, 0.15) is 6.29 Å². The van der Waals surface area contributed by atoms with Crippen LogP contribution in [0.3, 0.4) is 0 Å². The molecule has 1 atom stereocenters. The van der Waals surface area contributed by atoms with E-state index < -0.39 is 0 Å². The number of carbonyl (C=O) groups is 1. The molecule has 0 bridgehead atoms. The van der Waals surface area contributed by atoms with Crippen LogP contribution in [0.5, 0.6) is 0 Å². The Kier molecular flexibility index (Phi) is 23.5. The molecule has 1 rings (SSSR count). The molecular weight excluding hydrogens is 428 g/mol. The highest BCUT2D eigenvalue weighted by Crippen LogP contribution is 2.25. The van der Waals surface area contributed by atoms with Crippen LogP contribution in [-0.4, -0.2) is 48.3 Å². The third-order valence-electron chi connectivity index (χ3n) is 4.31. The van der Waals surface area contributed by atoms with Crippen LogP contribution in [0.1, 0.15) is 57.6 Å². The second kappa shape index (κ2) is 24.3. The van der Waals surface area contributed by atoms with E-state index >= 15 is 0 Å². The summed E-state index contributed by atoms with van der Waals surface area (Å²) in [5, 5.41) is 27.2. The number of nitrogens with one attached hydrogen (secondary N) is 3. The minimum Gasteiger partial charge on any atom is -0.396 e. The Hall–Kier alpha value is -3.31. The van der Waals surface area contributed by atoms with Crippen molar-refractivity contribution in [3.8, 4) is 12.3 Å². The highest BCUT2D eigenvalue weighted by molar-refractivity contribution is 5.89. The van der Waals surface area contributed by atoms with Crippen LogP contribution in [-0.2, 0) is 4.79 Å². The molecule has 1 aromatic carbocycles. The van der Waals surface area contributed by atoms with Gasteiger partial charge < -0.3 is 21.0 Å². The molecule has 1 aromatic rings. The van der Waals surface area contributed by atoms with E-state index in [1.54, 1.807) is 13.3 Å². The van der Waals surface area contributed by atoms with Crippen molar-refractivity contribution in [3.63, 3.8) is 0 Å². The van der Waals surface area contributed by atoms with E-state index in [1.807, 2.05) is 55.7 Å². The maximum absolute atomic E-state index is 11.1. The summed E-state index contributed by atoms with van der Waals surface area (Å²) in [5.74, 6) is 2.25. The average Bonchev–Trinajstić information content (AvgIpc) is 2.85. The van der Waals surface area contributed by atoms with E-state index in [9.17, 15) is 4.79 Å². The molecular formula is C27H40N4O3. The molecule has 0 aliphatic carbocycles. The third kappa shape index (κ3) is 16.3. The SMILES string of the molecule is C#CC.C/C=C/CNO.C=C(CCC=N)c1ccccc1/C(=C/C=O)NC=NC(CC)CCO. The van der Waals surface area contributed by atoms with Crippen LogP contribution >= 0.6 is 0 Å². The van der Waals surface area contributed by atoms with Crippen molar-refractivity contribution in [2.75, 3.05) is 13.2 Å². The van der Waals surface area contributed by atoms with E-state index in [4.69, 9.17) is 15.7 Å². The first kappa shape index (κ1) is 32.9. The molecule has 34 heavy (non-hydrogen) atoms. The Morgan fingerprint density at radius 2 is 2.00 bits per heavy atom. The fourth-order valence-electron chi connectivity index (χ4n) is 2.61. The van der Waals surface area contributed by atoms with Gasteiger partial charge in [0.25, 0.3) is 0 Å². The Balaban J connectivity index is 0. The quantitative estimate of drug-likeness (QED) is 0.0519. The number of aliphatic hydroxyl groups excluding tert-OH is 1. The van der Waals surface area contributed by atoms with Gasteiger partial charge in [0.05, 0.1) is 18.1 Å². The molecule has 0 radical (unpaired) electrons. The summed E-state index contributed by atoms with van der Waals surface area (Å²) in [6.07, 6.45) is 16.2. The second-order valence-electron chi connectivity index (χ2n) is 6.83. The number of hydrogen-bond donors (Lipinski definition) is 5. The monoisotopic (exact) mass is 468 g/mol. The fourth-order valence-corrected chi connectivity index (χ4v) is 2.61. The Morgan fingerprint density at radius 3 is 2.47 bits per heavy atom. The van der Waals surface area contributed by atoms with Gasteiger partial charge >= 0.3 is 0 Å². The van der Waals surface area contributed by atoms with E-state index in [1.165, 1.54) is 12.3 Å². The maximum Gasteiger partial charge on any atom is 0.144 e. The number of rotatable bonds is 14. The number of aliphatic imine (C=N–C) groups is 1. The molecule has 0 aliphatic heterocycles. The van der Waals surface area contributed by atoms with Crippen molar-refractivity contribution in [2.24, 2.45) is 4.99 Å². The average molecular weight is 469 g/mol. The molecule has 0 saturated carbocycles. The number of hydroxylamine groups is 1. The number of allylic oxidation sites excluding steroid dienone is 3. The van der Waals surface area contributed by atoms with Crippen molar-refractivity contribution < 1.29 is 15.1 Å². The Morgan fingerprint density at radius 1 is 1.35 bits per heavy atom. The Labute approximate surface area is 204 Å². The molecule has 0 aliphatic rings. The van der Waals surface area contributed by atoms with Gasteiger partial charge in [0, 0.05) is 24.8 Å². The lowest BCUT2D eigenvalue weighted by molar-refractivity contribution is -0.104. The van der Waals surface area contributed by atoms with Gasteiger partial charge in [-0.2, -0.15) is 0 Å². The summed E-state index contributed by atoms with van der Waals surface area (Å²) in [6, 6.07) is 7.76. The van der Waals surface area contributed by atoms with Crippen molar-refractivity contribution >= 4 is 30.1 Å². The zero-order chi connectivity index (χ0) is 26.0. The molecule has 7 nitrogen and oxygen atoms in total. The first-order valence-electron chi connectivity index (χ1n) is 11.2. The molecule has 0 amide bonds. The molecule has 7 heteroatoms. The van der Waals surface area contributed by atoms with Crippen LogP contribution in [0.4, 0.5) is 0 Å². The maximum atomic E-state index is 11.1. The van der Waals surface area contributed by atoms with Gasteiger partial charge in [-0.3, -0.25) is 9.79 Å². The summed E-state index contributed by atoms with van der Waals surface area (Å²) in [6.45, 7) is 10.3. The zero-order valence-corrected chi connectivity index (χ0v) is 20.6. The highest BCUT2D eigenvalue weighted by atomic mass is 16.5. The van der Waals surface area contributed by atoms with Gasteiger partial charge in [-0.05, 0) is 56.9 Å². The molecule has 186 valence electrons. The van der Waals surface area contributed by atoms with E-state index in [0.29, 0.717) is 31.5 Å².